The number of nitrogens with one attached hydrogen (secondary N) is 2. The lowest BCUT2D eigenvalue weighted by atomic mass is 10.0. The first kappa shape index (κ1) is 17.0. The molecule has 0 spiro atoms. The summed E-state index contributed by atoms with van der Waals surface area (Å²) < 4.78 is 0. The van der Waals surface area contributed by atoms with Gasteiger partial charge in [0.2, 0.25) is 5.78 Å². The van der Waals surface area contributed by atoms with Crippen molar-refractivity contribution in [2.45, 2.75) is 47.6 Å². The first-order valence-corrected chi connectivity index (χ1v) is 7.80. The number of carbonyl (C=O) groups excluding carboxylic acids is 2. The third-order valence-corrected chi connectivity index (χ3v) is 4.18. The number of hydrogen-bond donors (Lipinski definition) is 2. The predicted molar refractivity (Wildman–Crippen MR) is 93.6 cm³/mol. The average Bonchev–Trinajstić information content (AvgIpc) is 2.76. The van der Waals surface area contributed by atoms with Gasteiger partial charge in [-0.15, -0.1) is 0 Å². The smallest absolute Gasteiger partial charge is 0.201 e. The van der Waals surface area contributed by atoms with Crippen molar-refractivity contribution in [3.8, 4) is 0 Å². The molecule has 0 aliphatic carbocycles. The second-order valence-electron chi connectivity index (χ2n) is 6.23. The highest BCUT2D eigenvalue weighted by molar-refractivity contribution is 6.05. The third kappa shape index (κ3) is 3.36. The number of benzene rings is 1. The van der Waals surface area contributed by atoms with Crippen molar-refractivity contribution in [1.29, 1.82) is 0 Å². The van der Waals surface area contributed by atoms with Gasteiger partial charge in [-0.25, -0.2) is 0 Å². The highest BCUT2D eigenvalue weighted by Crippen LogP contribution is 2.22. The Balaban J connectivity index is 2.27. The Kier molecular flexibility index (Phi) is 4.73. The normalized spacial score (nSPS) is 12.1. The number of H-pyrrole nitrogens is 1. The second kappa shape index (κ2) is 6.41. The van der Waals surface area contributed by atoms with Crippen molar-refractivity contribution in [3.63, 3.8) is 0 Å². The molecular weight excluding hydrogens is 288 g/mol. The van der Waals surface area contributed by atoms with Crippen LogP contribution in [-0.2, 0) is 0 Å². The molecule has 4 nitrogen and oxygen atoms in total. The van der Waals surface area contributed by atoms with Gasteiger partial charge in [0, 0.05) is 16.9 Å². The lowest BCUT2D eigenvalue weighted by Crippen LogP contribution is -2.27. The van der Waals surface area contributed by atoms with E-state index in [0.29, 0.717) is 11.3 Å². The van der Waals surface area contributed by atoms with Gasteiger partial charge in [-0.05, 0) is 58.7 Å². The molecule has 122 valence electrons. The minimum absolute atomic E-state index is 0.0229. The van der Waals surface area contributed by atoms with Gasteiger partial charge in [0.1, 0.15) is 0 Å². The zero-order valence-corrected chi connectivity index (χ0v) is 14.6. The monoisotopic (exact) mass is 312 g/mol. The van der Waals surface area contributed by atoms with Crippen LogP contribution in [0.5, 0.6) is 0 Å². The van der Waals surface area contributed by atoms with Gasteiger partial charge >= 0.3 is 0 Å². The summed E-state index contributed by atoms with van der Waals surface area (Å²) in [5.41, 5.74) is 5.85. The summed E-state index contributed by atoms with van der Waals surface area (Å²) in [6.45, 7) is 11.1. The maximum absolute atomic E-state index is 12.7. The van der Waals surface area contributed by atoms with Gasteiger partial charge in [0.15, 0.2) is 5.78 Å². The summed E-state index contributed by atoms with van der Waals surface area (Å²) in [5, 5.41) is 3.27. The van der Waals surface area contributed by atoms with Crippen LogP contribution >= 0.6 is 0 Å². The minimum atomic E-state index is -0.382. The van der Waals surface area contributed by atoms with Crippen LogP contribution in [0.2, 0.25) is 0 Å². The maximum atomic E-state index is 12.7. The number of hydrogen-bond acceptors (Lipinski definition) is 3. The van der Waals surface area contributed by atoms with Gasteiger partial charge in [0.05, 0.1) is 11.7 Å². The molecule has 2 rings (SSSR count). The summed E-state index contributed by atoms with van der Waals surface area (Å²) in [6.07, 6.45) is 0. The van der Waals surface area contributed by atoms with E-state index in [0.717, 1.165) is 22.5 Å². The molecule has 0 saturated heterocycles. The molecule has 1 aromatic carbocycles. The van der Waals surface area contributed by atoms with Gasteiger partial charge in [-0.1, -0.05) is 17.7 Å². The summed E-state index contributed by atoms with van der Waals surface area (Å²) >= 11 is 0. The second-order valence-corrected chi connectivity index (χ2v) is 6.23. The molecule has 1 heterocycles. The number of aromatic nitrogens is 1. The van der Waals surface area contributed by atoms with Crippen molar-refractivity contribution in [1.82, 2.24) is 4.98 Å². The lowest BCUT2D eigenvalue weighted by Gasteiger charge is -2.16. The molecule has 23 heavy (non-hydrogen) atoms. The van der Waals surface area contributed by atoms with Crippen LogP contribution < -0.4 is 5.32 Å². The van der Waals surface area contributed by atoms with E-state index in [4.69, 9.17) is 0 Å². The molecule has 0 aliphatic heterocycles. The van der Waals surface area contributed by atoms with Crippen LogP contribution in [0, 0.1) is 27.7 Å². The number of carbonyl (C=O) groups is 2. The van der Waals surface area contributed by atoms with E-state index in [-0.39, 0.29) is 17.6 Å². The minimum Gasteiger partial charge on any atom is -0.375 e. The average molecular weight is 312 g/mol. The first-order chi connectivity index (χ1) is 10.7. The van der Waals surface area contributed by atoms with Gasteiger partial charge in [-0.3, -0.25) is 9.59 Å². The molecule has 1 atom stereocenters. The fourth-order valence-corrected chi connectivity index (χ4v) is 3.02. The van der Waals surface area contributed by atoms with Crippen LogP contribution in [0.1, 0.15) is 57.1 Å². The van der Waals surface area contributed by atoms with E-state index < -0.39 is 0 Å². The molecule has 4 heteroatoms. The van der Waals surface area contributed by atoms with Crippen LogP contribution in [0.15, 0.2) is 18.2 Å². The molecule has 2 aromatic rings. The van der Waals surface area contributed by atoms with Crippen molar-refractivity contribution in [2.24, 2.45) is 0 Å². The van der Waals surface area contributed by atoms with Crippen LogP contribution in [-0.4, -0.2) is 22.6 Å². The summed E-state index contributed by atoms with van der Waals surface area (Å²) in [4.78, 5) is 27.5. The zero-order chi connectivity index (χ0) is 17.3. The van der Waals surface area contributed by atoms with E-state index in [1.807, 2.05) is 46.8 Å². The quantitative estimate of drug-likeness (QED) is 0.816. The van der Waals surface area contributed by atoms with E-state index in [1.54, 1.807) is 0 Å². The van der Waals surface area contributed by atoms with Gasteiger partial charge < -0.3 is 10.3 Å². The standard InChI is InChI=1S/C19H24N2O2/c1-10-7-8-16(11(2)9-10)20-14(5)19(23)18-12(3)17(15(6)22)13(4)21-18/h7-9,14,20-21H,1-6H3/t14-/m1/s1. The zero-order valence-electron chi connectivity index (χ0n) is 14.6. The molecule has 0 unspecified atom stereocenters. The summed E-state index contributed by atoms with van der Waals surface area (Å²) in [6, 6.07) is 5.71. The summed E-state index contributed by atoms with van der Waals surface area (Å²) in [5.74, 6) is -0.0663. The Bertz CT molecular complexity index is 772. The molecule has 0 amide bonds. The van der Waals surface area contributed by atoms with Crippen LogP contribution in [0.25, 0.3) is 0 Å². The number of anilines is 1. The number of aromatic amines is 1. The third-order valence-electron chi connectivity index (χ3n) is 4.18. The number of ketones is 2. The lowest BCUT2D eigenvalue weighted by molar-refractivity contribution is 0.0970. The molecular formula is C19H24N2O2. The molecule has 2 N–H and O–H groups in total. The fourth-order valence-electron chi connectivity index (χ4n) is 3.02. The highest BCUT2D eigenvalue weighted by atomic mass is 16.1. The first-order valence-electron chi connectivity index (χ1n) is 7.80. The van der Waals surface area contributed by atoms with Crippen molar-refractivity contribution >= 4 is 17.3 Å². The van der Waals surface area contributed by atoms with E-state index in [1.165, 1.54) is 12.5 Å². The molecule has 1 aromatic heterocycles. The molecule has 0 radical (unpaired) electrons. The SMILES string of the molecule is CC(=O)c1c(C)[nH]c(C(=O)[C@@H](C)Nc2ccc(C)cc2C)c1C. The molecule has 0 saturated carbocycles. The Hall–Kier alpha value is -2.36. The Morgan fingerprint density at radius 1 is 1.13 bits per heavy atom. The van der Waals surface area contributed by atoms with Gasteiger partial charge in [-0.2, -0.15) is 0 Å². The predicted octanol–water partition coefficient (Wildman–Crippen LogP) is 4.13. The number of Topliss-reactive ketones (excluding diaryl/α,β-unsaturated/α-hetero) is 2. The fraction of sp³-hybridized carbons (Fsp3) is 0.368. The van der Waals surface area contributed by atoms with Crippen molar-refractivity contribution in [3.05, 3.63) is 51.8 Å². The van der Waals surface area contributed by atoms with Crippen molar-refractivity contribution in [2.75, 3.05) is 5.32 Å². The number of rotatable bonds is 5. The molecule has 0 fully saturated rings. The maximum Gasteiger partial charge on any atom is 0.201 e. The summed E-state index contributed by atoms with van der Waals surface area (Å²) in [7, 11) is 0. The topological polar surface area (TPSA) is 62.0 Å². The van der Waals surface area contributed by atoms with Crippen LogP contribution in [0.4, 0.5) is 5.69 Å². The molecule has 0 aliphatic rings. The van der Waals surface area contributed by atoms with Gasteiger partial charge in [0.25, 0.3) is 0 Å². The number of aryl methyl sites for hydroxylation is 3. The highest BCUT2D eigenvalue weighted by Gasteiger charge is 2.23. The Labute approximate surface area is 137 Å². The Morgan fingerprint density at radius 3 is 2.30 bits per heavy atom. The largest absolute Gasteiger partial charge is 0.375 e. The van der Waals surface area contributed by atoms with E-state index >= 15 is 0 Å². The van der Waals surface area contributed by atoms with Crippen molar-refractivity contribution < 1.29 is 9.59 Å². The molecule has 0 bridgehead atoms. The van der Waals surface area contributed by atoms with E-state index in [2.05, 4.69) is 16.4 Å². The Morgan fingerprint density at radius 2 is 1.78 bits per heavy atom. The van der Waals surface area contributed by atoms with Crippen LogP contribution in [0.3, 0.4) is 0 Å². The van der Waals surface area contributed by atoms with E-state index in [9.17, 15) is 9.59 Å².